The van der Waals surface area contributed by atoms with Crippen molar-refractivity contribution in [2.24, 2.45) is 0 Å². The smallest absolute Gasteiger partial charge is 0.252 e. The molecule has 1 radical (unpaired) electrons. The average molecular weight is 154 g/mol. The van der Waals surface area contributed by atoms with Crippen LogP contribution in [-0.4, -0.2) is 30.5 Å². The lowest BCUT2D eigenvalue weighted by Crippen LogP contribution is -2.33. The fourth-order valence-corrected chi connectivity index (χ4v) is 0.681. The molecule has 0 spiro atoms. The number of hydrogen-bond acceptors (Lipinski definition) is 1. The Morgan fingerprint density at radius 1 is 1.27 bits per heavy atom. The van der Waals surface area contributed by atoms with E-state index >= 15 is 0 Å². The van der Waals surface area contributed by atoms with E-state index in [2.05, 4.69) is 13.2 Å². The van der Waals surface area contributed by atoms with Gasteiger partial charge in [0.1, 0.15) is 0 Å². The van der Waals surface area contributed by atoms with E-state index in [-0.39, 0.29) is 0 Å². The lowest BCUT2D eigenvalue weighted by atomic mass is 10.4. The van der Waals surface area contributed by atoms with Gasteiger partial charge in [0.25, 0.3) is 5.91 Å². The van der Waals surface area contributed by atoms with Crippen molar-refractivity contribution in [3.05, 3.63) is 25.3 Å². The molecule has 0 unspecified atom stereocenters. The minimum Gasteiger partial charge on any atom is -0.333 e. The number of amides is 1. The summed E-state index contributed by atoms with van der Waals surface area (Å²) >= 11 is 0. The van der Waals surface area contributed by atoms with E-state index in [1.165, 1.54) is 4.90 Å². The summed E-state index contributed by atoms with van der Waals surface area (Å²) in [6.45, 7) is 7.05. The summed E-state index contributed by atoms with van der Waals surface area (Å²) < 4.78 is 0. The van der Waals surface area contributed by atoms with Crippen molar-refractivity contribution in [1.29, 1.82) is 0 Å². The lowest BCUT2D eigenvalue weighted by molar-refractivity contribution is -0.134. The van der Waals surface area contributed by atoms with Gasteiger partial charge in [0, 0.05) is 13.1 Å². The summed E-state index contributed by atoms with van der Waals surface area (Å²) in [6.07, 6.45) is 3.16. The molecule has 0 heterocycles. The summed E-state index contributed by atoms with van der Waals surface area (Å²) in [7, 11) is 0. The predicted molar refractivity (Wildman–Crippen MR) is 42.5 cm³/mol. The van der Waals surface area contributed by atoms with Crippen LogP contribution < -0.4 is 0 Å². The molecule has 3 nitrogen and oxygen atoms in total. The number of carbonyl (C=O) groups is 1. The van der Waals surface area contributed by atoms with Gasteiger partial charge in [-0.05, 0) is 0 Å². The van der Waals surface area contributed by atoms with Crippen LogP contribution in [0, 0.1) is 0 Å². The van der Waals surface area contributed by atoms with Gasteiger partial charge in [-0.15, -0.1) is 13.2 Å². The Balaban J connectivity index is 3.95. The monoisotopic (exact) mass is 154 g/mol. The van der Waals surface area contributed by atoms with Gasteiger partial charge in [0.2, 0.25) is 0 Å². The average Bonchev–Trinajstić information content (AvgIpc) is 2.03. The second-order valence-electron chi connectivity index (χ2n) is 2.02. The summed E-state index contributed by atoms with van der Waals surface area (Å²) in [6, 6.07) is 0. The maximum Gasteiger partial charge on any atom is 0.252 e. The molecule has 3 heteroatoms. The van der Waals surface area contributed by atoms with Crippen LogP contribution in [0.5, 0.6) is 0 Å². The molecule has 0 aromatic rings. The van der Waals surface area contributed by atoms with E-state index in [1.54, 1.807) is 12.2 Å². The molecule has 61 valence electrons. The van der Waals surface area contributed by atoms with Crippen molar-refractivity contribution in [3.8, 4) is 0 Å². The highest BCUT2D eigenvalue weighted by Gasteiger charge is 2.08. The Kier molecular flexibility index (Phi) is 5.11. The molecule has 1 amide bonds. The van der Waals surface area contributed by atoms with Crippen molar-refractivity contribution in [2.45, 2.75) is 0 Å². The Morgan fingerprint density at radius 2 is 1.73 bits per heavy atom. The first-order valence-corrected chi connectivity index (χ1v) is 3.34. The fraction of sp³-hybridized carbons (Fsp3) is 0.375. The van der Waals surface area contributed by atoms with Gasteiger partial charge in [-0.1, -0.05) is 12.2 Å². The highest BCUT2D eigenvalue weighted by molar-refractivity contribution is 5.77. The first kappa shape index (κ1) is 9.91. The summed E-state index contributed by atoms with van der Waals surface area (Å²) in [4.78, 5) is 12.2. The van der Waals surface area contributed by atoms with Crippen LogP contribution in [0.4, 0.5) is 0 Å². The standard InChI is InChI=1S/C8H12NO2/c1-3-5-9(6-4-2)8(11)7-10/h3-4H,1-2,5-7H2. The Labute approximate surface area is 66.6 Å². The molecule has 0 saturated heterocycles. The van der Waals surface area contributed by atoms with Crippen LogP contribution in [0.25, 0.3) is 0 Å². The highest BCUT2D eigenvalue weighted by Crippen LogP contribution is 1.89. The van der Waals surface area contributed by atoms with Crippen molar-refractivity contribution < 1.29 is 9.90 Å². The van der Waals surface area contributed by atoms with Gasteiger partial charge in [-0.2, -0.15) is 0 Å². The maximum absolute atomic E-state index is 10.8. The first-order chi connectivity index (χ1) is 5.26. The minimum atomic E-state index is -0.707. The van der Waals surface area contributed by atoms with Gasteiger partial charge in [-0.3, -0.25) is 4.79 Å². The molecule has 0 atom stereocenters. The number of hydrogen-bond donors (Lipinski definition) is 0. The molecule has 0 fully saturated rings. The Morgan fingerprint density at radius 3 is 2.00 bits per heavy atom. The molecule has 0 aliphatic carbocycles. The molecular formula is C8H12NO2. The molecule has 11 heavy (non-hydrogen) atoms. The van der Waals surface area contributed by atoms with Crippen molar-refractivity contribution in [3.63, 3.8) is 0 Å². The van der Waals surface area contributed by atoms with Crippen LogP contribution in [0.2, 0.25) is 0 Å². The largest absolute Gasteiger partial charge is 0.333 e. The third-order valence-corrected chi connectivity index (χ3v) is 1.18. The van der Waals surface area contributed by atoms with Crippen molar-refractivity contribution in [2.75, 3.05) is 19.7 Å². The van der Waals surface area contributed by atoms with Gasteiger partial charge >= 0.3 is 0 Å². The van der Waals surface area contributed by atoms with Gasteiger partial charge in [-0.25, -0.2) is 5.11 Å². The third-order valence-electron chi connectivity index (χ3n) is 1.18. The summed E-state index contributed by atoms with van der Waals surface area (Å²) in [5.41, 5.74) is 0. The molecule has 0 saturated carbocycles. The summed E-state index contributed by atoms with van der Waals surface area (Å²) in [5, 5.41) is 10.2. The maximum atomic E-state index is 10.8. The quantitative estimate of drug-likeness (QED) is 0.535. The molecule has 0 N–H and O–H groups in total. The molecular weight excluding hydrogens is 142 g/mol. The topological polar surface area (TPSA) is 40.2 Å². The number of rotatable bonds is 5. The first-order valence-electron chi connectivity index (χ1n) is 3.34. The molecule has 0 rings (SSSR count). The molecule has 0 aromatic heterocycles. The van der Waals surface area contributed by atoms with E-state index in [9.17, 15) is 9.90 Å². The van der Waals surface area contributed by atoms with E-state index in [1.807, 2.05) is 0 Å². The highest BCUT2D eigenvalue weighted by atomic mass is 16.3. The number of nitrogens with zero attached hydrogens (tertiary/aromatic N) is 1. The minimum absolute atomic E-state index is 0.410. The second kappa shape index (κ2) is 5.68. The fourth-order valence-electron chi connectivity index (χ4n) is 0.681. The number of carbonyl (C=O) groups excluding carboxylic acids is 1. The van der Waals surface area contributed by atoms with E-state index < -0.39 is 12.5 Å². The summed E-state index contributed by atoms with van der Waals surface area (Å²) in [5.74, 6) is -0.412. The molecule has 0 aliphatic rings. The predicted octanol–water partition coefficient (Wildman–Crippen LogP) is 0.617. The zero-order valence-electron chi connectivity index (χ0n) is 6.45. The van der Waals surface area contributed by atoms with Crippen LogP contribution >= 0.6 is 0 Å². The van der Waals surface area contributed by atoms with Gasteiger partial charge in [0.15, 0.2) is 6.61 Å². The molecule has 0 aliphatic heterocycles. The second-order valence-corrected chi connectivity index (χ2v) is 2.02. The normalized spacial score (nSPS) is 8.82. The van der Waals surface area contributed by atoms with Gasteiger partial charge < -0.3 is 4.90 Å². The zero-order chi connectivity index (χ0) is 8.69. The van der Waals surface area contributed by atoms with Crippen LogP contribution in [0.3, 0.4) is 0 Å². The Bertz CT molecular complexity index is 144. The molecule has 0 aromatic carbocycles. The van der Waals surface area contributed by atoms with Crippen LogP contribution in [-0.2, 0) is 9.90 Å². The zero-order valence-corrected chi connectivity index (χ0v) is 6.45. The van der Waals surface area contributed by atoms with E-state index in [0.29, 0.717) is 13.1 Å². The van der Waals surface area contributed by atoms with Crippen LogP contribution in [0.15, 0.2) is 25.3 Å². The van der Waals surface area contributed by atoms with Crippen molar-refractivity contribution >= 4 is 5.91 Å². The SMILES string of the molecule is C=CCN(CC=C)C(=O)C[O]. The molecule has 0 bridgehead atoms. The lowest BCUT2D eigenvalue weighted by Gasteiger charge is -2.16. The van der Waals surface area contributed by atoms with E-state index in [0.717, 1.165) is 0 Å². The Hall–Kier alpha value is -1.09. The third kappa shape index (κ3) is 3.57. The van der Waals surface area contributed by atoms with E-state index in [4.69, 9.17) is 0 Å². The van der Waals surface area contributed by atoms with Crippen LogP contribution in [0.1, 0.15) is 0 Å². The van der Waals surface area contributed by atoms with Gasteiger partial charge in [0.05, 0.1) is 0 Å². The van der Waals surface area contributed by atoms with Crippen molar-refractivity contribution in [1.82, 2.24) is 4.90 Å².